The number of furan rings is 1. The molecule has 2 rings (SSSR count). The molecule has 1 saturated heterocycles. The molecule has 0 saturated carbocycles. The van der Waals surface area contributed by atoms with Gasteiger partial charge in [0.2, 0.25) is 0 Å². The lowest BCUT2D eigenvalue weighted by Crippen LogP contribution is -2.36. The topological polar surface area (TPSA) is 54.3 Å². The second-order valence-electron chi connectivity index (χ2n) is 4.38. The van der Waals surface area contributed by atoms with Crippen molar-refractivity contribution in [3.63, 3.8) is 0 Å². The largest absolute Gasteiger partial charge is 0.466 e. The Bertz CT molecular complexity index is 403. The van der Waals surface area contributed by atoms with Crippen LogP contribution in [0.4, 0.5) is 0 Å². The van der Waals surface area contributed by atoms with E-state index in [4.69, 9.17) is 4.42 Å². The van der Waals surface area contributed by atoms with Gasteiger partial charge in [-0.15, -0.1) is 0 Å². The van der Waals surface area contributed by atoms with Gasteiger partial charge in [0, 0.05) is 18.2 Å². The minimum atomic E-state index is -0.0134. The van der Waals surface area contributed by atoms with Crippen LogP contribution < -0.4 is 10.6 Å². The SMILES string of the molecule is Cc1oc(C)c(C(=O)N[C@H]2CCNC2)c1C. The molecule has 0 bridgehead atoms. The summed E-state index contributed by atoms with van der Waals surface area (Å²) in [5.41, 5.74) is 1.64. The Hall–Kier alpha value is -1.29. The molecule has 1 aromatic heterocycles. The average molecular weight is 222 g/mol. The monoisotopic (exact) mass is 222 g/mol. The molecule has 1 aliphatic heterocycles. The van der Waals surface area contributed by atoms with Crippen molar-refractivity contribution in [3.05, 3.63) is 22.6 Å². The van der Waals surface area contributed by atoms with Crippen LogP contribution in [0.5, 0.6) is 0 Å². The first kappa shape index (κ1) is 11.2. The number of carbonyl (C=O) groups is 1. The van der Waals surface area contributed by atoms with Gasteiger partial charge < -0.3 is 15.1 Å². The van der Waals surface area contributed by atoms with Gasteiger partial charge in [0.1, 0.15) is 11.5 Å². The number of rotatable bonds is 2. The molecule has 1 aromatic rings. The minimum absolute atomic E-state index is 0.0134. The standard InChI is InChI=1S/C12H18N2O2/c1-7-8(2)16-9(3)11(7)12(15)14-10-4-5-13-6-10/h10,13H,4-6H2,1-3H3,(H,14,15)/t10-/m0/s1. The molecule has 2 heterocycles. The van der Waals surface area contributed by atoms with Gasteiger partial charge in [0.25, 0.3) is 5.91 Å². The van der Waals surface area contributed by atoms with E-state index in [0.717, 1.165) is 30.8 Å². The Balaban J connectivity index is 2.13. The zero-order valence-electron chi connectivity index (χ0n) is 10.0. The van der Waals surface area contributed by atoms with Gasteiger partial charge in [-0.25, -0.2) is 0 Å². The molecule has 2 N–H and O–H groups in total. The first-order valence-corrected chi connectivity index (χ1v) is 5.67. The smallest absolute Gasteiger partial charge is 0.255 e. The molecule has 1 atom stereocenters. The lowest BCUT2D eigenvalue weighted by Gasteiger charge is -2.11. The van der Waals surface area contributed by atoms with E-state index in [0.29, 0.717) is 11.3 Å². The number of hydrogen-bond acceptors (Lipinski definition) is 3. The molecular weight excluding hydrogens is 204 g/mol. The predicted molar refractivity (Wildman–Crippen MR) is 61.7 cm³/mol. The third-order valence-corrected chi connectivity index (χ3v) is 3.18. The number of aryl methyl sites for hydroxylation is 2. The van der Waals surface area contributed by atoms with E-state index in [1.165, 1.54) is 0 Å². The maximum atomic E-state index is 12.1. The highest BCUT2D eigenvalue weighted by Crippen LogP contribution is 2.20. The Kier molecular flexibility index (Phi) is 3.01. The van der Waals surface area contributed by atoms with Gasteiger partial charge in [0.15, 0.2) is 0 Å². The van der Waals surface area contributed by atoms with Crippen molar-refractivity contribution in [1.82, 2.24) is 10.6 Å². The molecule has 4 nitrogen and oxygen atoms in total. The molecule has 88 valence electrons. The molecule has 0 spiro atoms. The summed E-state index contributed by atoms with van der Waals surface area (Å²) < 4.78 is 5.45. The Morgan fingerprint density at radius 1 is 1.38 bits per heavy atom. The Morgan fingerprint density at radius 3 is 2.62 bits per heavy atom. The summed E-state index contributed by atoms with van der Waals surface area (Å²) in [6.07, 6.45) is 1.00. The Morgan fingerprint density at radius 2 is 2.12 bits per heavy atom. The van der Waals surface area contributed by atoms with E-state index in [9.17, 15) is 4.79 Å². The molecule has 16 heavy (non-hydrogen) atoms. The van der Waals surface area contributed by atoms with Gasteiger partial charge in [-0.1, -0.05) is 0 Å². The molecule has 0 unspecified atom stereocenters. The van der Waals surface area contributed by atoms with Crippen LogP contribution in [0.2, 0.25) is 0 Å². The second-order valence-corrected chi connectivity index (χ2v) is 4.38. The molecule has 1 aliphatic rings. The van der Waals surface area contributed by atoms with Crippen LogP contribution in [0.1, 0.15) is 33.9 Å². The second kappa shape index (κ2) is 4.29. The Labute approximate surface area is 95.4 Å². The minimum Gasteiger partial charge on any atom is -0.466 e. The highest BCUT2D eigenvalue weighted by molar-refractivity contribution is 5.97. The van der Waals surface area contributed by atoms with Crippen LogP contribution >= 0.6 is 0 Å². The van der Waals surface area contributed by atoms with Crippen molar-refractivity contribution in [2.45, 2.75) is 33.2 Å². The van der Waals surface area contributed by atoms with E-state index in [1.54, 1.807) is 0 Å². The number of amides is 1. The number of hydrogen-bond donors (Lipinski definition) is 2. The molecule has 0 aromatic carbocycles. The van der Waals surface area contributed by atoms with Crippen molar-refractivity contribution in [3.8, 4) is 0 Å². The van der Waals surface area contributed by atoms with Gasteiger partial charge in [0.05, 0.1) is 5.56 Å². The van der Waals surface area contributed by atoms with Crippen molar-refractivity contribution < 1.29 is 9.21 Å². The fourth-order valence-electron chi connectivity index (χ4n) is 2.16. The normalized spacial score (nSPS) is 20.1. The van der Waals surface area contributed by atoms with Crippen molar-refractivity contribution in [2.24, 2.45) is 0 Å². The molecular formula is C12H18N2O2. The van der Waals surface area contributed by atoms with Crippen LogP contribution in [0.25, 0.3) is 0 Å². The summed E-state index contributed by atoms with van der Waals surface area (Å²) in [4.78, 5) is 12.1. The van der Waals surface area contributed by atoms with Crippen LogP contribution in [-0.4, -0.2) is 25.0 Å². The number of carbonyl (C=O) groups excluding carboxylic acids is 1. The highest BCUT2D eigenvalue weighted by atomic mass is 16.3. The van der Waals surface area contributed by atoms with E-state index in [-0.39, 0.29) is 11.9 Å². The van der Waals surface area contributed by atoms with Crippen molar-refractivity contribution in [1.29, 1.82) is 0 Å². The fourth-order valence-corrected chi connectivity index (χ4v) is 2.16. The summed E-state index contributed by atoms with van der Waals surface area (Å²) in [7, 11) is 0. The van der Waals surface area contributed by atoms with Crippen LogP contribution in [-0.2, 0) is 0 Å². The molecule has 1 fully saturated rings. The molecule has 4 heteroatoms. The fraction of sp³-hybridized carbons (Fsp3) is 0.583. The summed E-state index contributed by atoms with van der Waals surface area (Å²) >= 11 is 0. The van der Waals surface area contributed by atoms with E-state index >= 15 is 0 Å². The zero-order valence-corrected chi connectivity index (χ0v) is 10.0. The summed E-state index contributed by atoms with van der Waals surface area (Å²) in [6.45, 7) is 7.49. The van der Waals surface area contributed by atoms with Gasteiger partial charge in [-0.2, -0.15) is 0 Å². The average Bonchev–Trinajstić information content (AvgIpc) is 2.77. The van der Waals surface area contributed by atoms with Crippen molar-refractivity contribution in [2.75, 3.05) is 13.1 Å². The van der Waals surface area contributed by atoms with E-state index in [1.807, 2.05) is 20.8 Å². The first-order valence-electron chi connectivity index (χ1n) is 5.67. The lowest BCUT2D eigenvalue weighted by atomic mass is 10.1. The summed E-state index contributed by atoms with van der Waals surface area (Å²) in [6, 6.07) is 0.251. The maximum absolute atomic E-state index is 12.1. The lowest BCUT2D eigenvalue weighted by molar-refractivity contribution is 0.0938. The van der Waals surface area contributed by atoms with Gasteiger partial charge in [-0.05, 0) is 33.7 Å². The summed E-state index contributed by atoms with van der Waals surface area (Å²) in [5.74, 6) is 1.52. The van der Waals surface area contributed by atoms with Crippen LogP contribution in [0.3, 0.4) is 0 Å². The zero-order chi connectivity index (χ0) is 11.7. The first-order chi connectivity index (χ1) is 7.59. The summed E-state index contributed by atoms with van der Waals surface area (Å²) in [5, 5.41) is 6.25. The molecule has 0 radical (unpaired) electrons. The van der Waals surface area contributed by atoms with Crippen LogP contribution in [0.15, 0.2) is 4.42 Å². The van der Waals surface area contributed by atoms with E-state index in [2.05, 4.69) is 10.6 Å². The van der Waals surface area contributed by atoms with Crippen molar-refractivity contribution >= 4 is 5.91 Å². The highest BCUT2D eigenvalue weighted by Gasteiger charge is 2.22. The maximum Gasteiger partial charge on any atom is 0.255 e. The quantitative estimate of drug-likeness (QED) is 0.793. The third-order valence-electron chi connectivity index (χ3n) is 3.18. The molecule has 1 amide bonds. The van der Waals surface area contributed by atoms with Gasteiger partial charge in [-0.3, -0.25) is 4.79 Å². The number of nitrogens with one attached hydrogen (secondary N) is 2. The predicted octanol–water partition coefficient (Wildman–Crippen LogP) is 1.30. The van der Waals surface area contributed by atoms with E-state index < -0.39 is 0 Å². The van der Waals surface area contributed by atoms with Crippen LogP contribution in [0, 0.1) is 20.8 Å². The molecule has 0 aliphatic carbocycles. The van der Waals surface area contributed by atoms with Gasteiger partial charge >= 0.3 is 0 Å². The third kappa shape index (κ3) is 1.97.